The number of nitrogen functional groups attached to an aromatic ring is 1. The van der Waals surface area contributed by atoms with Crippen LogP contribution in [0.5, 0.6) is 11.5 Å². The van der Waals surface area contributed by atoms with Gasteiger partial charge in [-0.25, -0.2) is 5.10 Å². The first kappa shape index (κ1) is 16.0. The highest BCUT2D eigenvalue weighted by molar-refractivity contribution is 7.99. The molecule has 0 atom stereocenters. The fourth-order valence-electron chi connectivity index (χ4n) is 1.59. The number of nitrogens with zero attached hydrogens (tertiary/aromatic N) is 2. The van der Waals surface area contributed by atoms with Gasteiger partial charge in [0, 0.05) is 0 Å². The van der Waals surface area contributed by atoms with Crippen molar-refractivity contribution in [1.82, 2.24) is 20.5 Å². The molecule has 0 spiro atoms. The van der Waals surface area contributed by atoms with Crippen LogP contribution in [0.25, 0.3) is 0 Å². The van der Waals surface area contributed by atoms with E-state index >= 15 is 0 Å². The monoisotopic (exact) mass is 323 g/mol. The van der Waals surface area contributed by atoms with Crippen molar-refractivity contribution in [1.29, 1.82) is 0 Å². The first-order valence-corrected chi connectivity index (χ1v) is 7.51. The topological polar surface area (TPSA) is 115 Å². The average molecular weight is 323 g/mol. The van der Waals surface area contributed by atoms with E-state index in [4.69, 9.17) is 15.2 Å². The summed E-state index contributed by atoms with van der Waals surface area (Å²) in [5.74, 6) is 1.62. The Balaban J connectivity index is 1.64. The largest absolute Gasteiger partial charge is 0.493 e. The zero-order valence-corrected chi connectivity index (χ0v) is 12.9. The van der Waals surface area contributed by atoms with Crippen molar-refractivity contribution < 1.29 is 14.3 Å². The maximum atomic E-state index is 11.6. The molecular weight excluding hydrogens is 306 g/mol. The number of methoxy groups -OCH3 is 1. The molecule has 22 heavy (non-hydrogen) atoms. The third-order valence-electron chi connectivity index (χ3n) is 2.57. The number of carbonyl (C=O) groups excluding carboxylic acids is 1. The Bertz CT molecular complexity index is 619. The van der Waals surface area contributed by atoms with Gasteiger partial charge in [-0.1, -0.05) is 23.9 Å². The molecule has 8 nitrogen and oxygen atoms in total. The Morgan fingerprint density at radius 2 is 2.18 bits per heavy atom. The summed E-state index contributed by atoms with van der Waals surface area (Å²) in [5, 5.41) is 9.52. The minimum absolute atomic E-state index is 0.128. The second-order valence-electron chi connectivity index (χ2n) is 4.14. The summed E-state index contributed by atoms with van der Waals surface area (Å²) >= 11 is 1.20. The molecule has 9 heteroatoms. The van der Waals surface area contributed by atoms with Crippen LogP contribution >= 0.6 is 11.8 Å². The number of anilines is 1. The predicted octanol–water partition coefficient (Wildman–Crippen LogP) is 0.683. The summed E-state index contributed by atoms with van der Waals surface area (Å²) in [7, 11) is 1.58. The van der Waals surface area contributed by atoms with E-state index in [0.717, 1.165) is 0 Å². The van der Waals surface area contributed by atoms with Crippen molar-refractivity contribution in [3.8, 4) is 11.5 Å². The molecule has 0 bridgehead atoms. The predicted molar refractivity (Wildman–Crippen MR) is 83.0 cm³/mol. The Morgan fingerprint density at radius 1 is 1.41 bits per heavy atom. The van der Waals surface area contributed by atoms with E-state index in [1.807, 2.05) is 24.3 Å². The third-order valence-corrected chi connectivity index (χ3v) is 3.41. The maximum absolute atomic E-state index is 11.6. The molecule has 0 aliphatic heterocycles. The number of benzene rings is 1. The van der Waals surface area contributed by atoms with Gasteiger partial charge in [0.15, 0.2) is 11.5 Å². The molecule has 1 amide bonds. The number of aromatic amines is 1. The number of amides is 1. The van der Waals surface area contributed by atoms with Crippen LogP contribution in [0.1, 0.15) is 0 Å². The fourth-order valence-corrected chi connectivity index (χ4v) is 2.23. The van der Waals surface area contributed by atoms with Crippen molar-refractivity contribution in [2.75, 3.05) is 31.7 Å². The molecule has 0 aliphatic carbocycles. The van der Waals surface area contributed by atoms with Gasteiger partial charge in [-0.15, -0.1) is 5.10 Å². The summed E-state index contributed by atoms with van der Waals surface area (Å²) < 4.78 is 10.7. The van der Waals surface area contributed by atoms with Crippen LogP contribution in [0.3, 0.4) is 0 Å². The van der Waals surface area contributed by atoms with E-state index in [1.54, 1.807) is 7.11 Å². The average Bonchev–Trinajstić information content (AvgIpc) is 2.95. The van der Waals surface area contributed by atoms with E-state index in [-0.39, 0.29) is 17.6 Å². The van der Waals surface area contributed by atoms with Crippen LogP contribution < -0.4 is 20.5 Å². The molecule has 0 fully saturated rings. The molecule has 1 heterocycles. The summed E-state index contributed by atoms with van der Waals surface area (Å²) in [6, 6.07) is 7.34. The number of thioether (sulfide) groups is 1. The van der Waals surface area contributed by atoms with E-state index < -0.39 is 0 Å². The summed E-state index contributed by atoms with van der Waals surface area (Å²) in [5.41, 5.74) is 5.39. The normalized spacial score (nSPS) is 10.2. The lowest BCUT2D eigenvalue weighted by molar-refractivity contribution is -0.118. The highest BCUT2D eigenvalue weighted by Crippen LogP contribution is 2.25. The van der Waals surface area contributed by atoms with Gasteiger partial charge in [0.1, 0.15) is 6.61 Å². The number of hydrogen-bond acceptors (Lipinski definition) is 7. The van der Waals surface area contributed by atoms with Gasteiger partial charge in [0.2, 0.25) is 17.0 Å². The molecule has 0 saturated heterocycles. The number of aromatic nitrogens is 3. The van der Waals surface area contributed by atoms with E-state index in [9.17, 15) is 4.79 Å². The molecule has 0 saturated carbocycles. The molecule has 0 unspecified atom stereocenters. The first-order chi connectivity index (χ1) is 10.7. The van der Waals surface area contributed by atoms with Crippen molar-refractivity contribution in [2.24, 2.45) is 0 Å². The van der Waals surface area contributed by atoms with Crippen LogP contribution in [0.15, 0.2) is 29.4 Å². The molecular formula is C13H17N5O3S. The molecule has 2 rings (SSSR count). The Morgan fingerprint density at radius 3 is 2.86 bits per heavy atom. The Hall–Kier alpha value is -2.42. The number of H-pyrrole nitrogens is 1. The van der Waals surface area contributed by atoms with Crippen LogP contribution in [0.4, 0.5) is 5.95 Å². The standard InChI is InChI=1S/C13H17N5O3S/c1-20-9-4-2-3-5-10(9)21-7-6-15-11(19)8-22-13-16-12(14)17-18-13/h2-5H,6-8H2,1H3,(H,15,19)(H3,14,16,17,18). The van der Waals surface area contributed by atoms with E-state index in [0.29, 0.717) is 29.8 Å². The van der Waals surface area contributed by atoms with Crippen molar-refractivity contribution in [3.05, 3.63) is 24.3 Å². The zero-order chi connectivity index (χ0) is 15.8. The quantitative estimate of drug-likeness (QED) is 0.483. The van der Waals surface area contributed by atoms with Gasteiger partial charge in [0.25, 0.3) is 0 Å². The highest BCUT2D eigenvalue weighted by Gasteiger charge is 2.07. The second kappa shape index (κ2) is 8.13. The number of nitrogens with two attached hydrogens (primary N) is 1. The van der Waals surface area contributed by atoms with Gasteiger partial charge >= 0.3 is 0 Å². The lowest BCUT2D eigenvalue weighted by Crippen LogP contribution is -2.29. The number of ether oxygens (including phenoxy) is 2. The van der Waals surface area contributed by atoms with Gasteiger partial charge in [-0.05, 0) is 12.1 Å². The third kappa shape index (κ3) is 4.85. The minimum atomic E-state index is -0.128. The van der Waals surface area contributed by atoms with E-state index in [1.165, 1.54) is 11.8 Å². The molecule has 0 radical (unpaired) electrons. The van der Waals surface area contributed by atoms with Gasteiger partial charge in [-0.3, -0.25) is 4.79 Å². The lowest BCUT2D eigenvalue weighted by Gasteiger charge is -2.10. The Labute approximate surface area is 131 Å². The second-order valence-corrected chi connectivity index (χ2v) is 5.08. The highest BCUT2D eigenvalue weighted by atomic mass is 32.2. The number of nitrogens with one attached hydrogen (secondary N) is 2. The first-order valence-electron chi connectivity index (χ1n) is 6.52. The number of hydrogen-bond donors (Lipinski definition) is 3. The molecule has 0 aliphatic rings. The summed E-state index contributed by atoms with van der Waals surface area (Å²) in [6.07, 6.45) is 0. The minimum Gasteiger partial charge on any atom is -0.493 e. The van der Waals surface area contributed by atoms with Crippen molar-refractivity contribution in [3.63, 3.8) is 0 Å². The molecule has 118 valence electrons. The molecule has 2 aromatic rings. The summed E-state index contributed by atoms with van der Waals surface area (Å²) in [4.78, 5) is 15.5. The lowest BCUT2D eigenvalue weighted by atomic mass is 10.3. The van der Waals surface area contributed by atoms with Crippen molar-refractivity contribution >= 4 is 23.6 Å². The molecule has 1 aromatic carbocycles. The smallest absolute Gasteiger partial charge is 0.230 e. The SMILES string of the molecule is COc1ccccc1OCCNC(=O)CSc1n[nH]c(N)n1. The summed E-state index contributed by atoms with van der Waals surface area (Å²) in [6.45, 7) is 0.748. The number of para-hydroxylation sites is 2. The van der Waals surface area contributed by atoms with E-state index in [2.05, 4.69) is 20.5 Å². The maximum Gasteiger partial charge on any atom is 0.230 e. The van der Waals surface area contributed by atoms with Crippen molar-refractivity contribution in [2.45, 2.75) is 5.16 Å². The van der Waals surface area contributed by atoms with Gasteiger partial charge in [-0.2, -0.15) is 4.98 Å². The van der Waals surface area contributed by atoms with Crippen LogP contribution in [0, 0.1) is 0 Å². The van der Waals surface area contributed by atoms with Crippen LogP contribution in [0.2, 0.25) is 0 Å². The van der Waals surface area contributed by atoms with Gasteiger partial charge < -0.3 is 20.5 Å². The molecule has 4 N–H and O–H groups in total. The van der Waals surface area contributed by atoms with Crippen LogP contribution in [-0.2, 0) is 4.79 Å². The fraction of sp³-hybridized carbons (Fsp3) is 0.308. The van der Waals surface area contributed by atoms with Gasteiger partial charge in [0.05, 0.1) is 19.4 Å². The van der Waals surface area contributed by atoms with Crippen LogP contribution in [-0.4, -0.2) is 47.1 Å². The number of rotatable bonds is 8. The Kier molecular flexibility index (Phi) is 5.90. The zero-order valence-electron chi connectivity index (χ0n) is 12.0. The number of carbonyl (C=O) groups is 1. The molecule has 1 aromatic heterocycles.